The first kappa shape index (κ1) is 28.7. The Bertz CT molecular complexity index is 1170. The van der Waals surface area contributed by atoms with E-state index >= 15 is 0 Å². The lowest BCUT2D eigenvalue weighted by Gasteiger charge is -2.34. The van der Waals surface area contributed by atoms with Crippen molar-refractivity contribution in [1.82, 2.24) is 19.8 Å². The Kier molecular flexibility index (Phi) is 8.10. The maximum absolute atomic E-state index is 13.3. The van der Waals surface area contributed by atoms with E-state index in [9.17, 15) is 36.6 Å². The Labute approximate surface area is 221 Å². The van der Waals surface area contributed by atoms with Gasteiger partial charge >= 0.3 is 18.1 Å². The summed E-state index contributed by atoms with van der Waals surface area (Å²) in [7, 11) is 0. The molecule has 39 heavy (non-hydrogen) atoms. The SMILES string of the molecule is CC1(C(=O)O)CCCN1C(=O)c1ccc(-c2cnc(OCC3CCN(CC(F)(F)C(F)(F)F)CC3)cn2)cc1. The summed E-state index contributed by atoms with van der Waals surface area (Å²) in [6.45, 7) is 1.07. The van der Waals surface area contributed by atoms with Crippen molar-refractivity contribution in [1.29, 1.82) is 0 Å². The molecule has 2 aliphatic heterocycles. The van der Waals surface area contributed by atoms with Crippen molar-refractivity contribution in [3.05, 3.63) is 42.2 Å². The lowest BCUT2D eigenvalue weighted by molar-refractivity contribution is -0.287. The average molecular weight is 557 g/mol. The number of rotatable bonds is 8. The van der Waals surface area contributed by atoms with Gasteiger partial charge in [-0.3, -0.25) is 9.69 Å². The maximum Gasteiger partial charge on any atom is 0.454 e. The predicted octanol–water partition coefficient (Wildman–Crippen LogP) is 4.51. The number of carbonyl (C=O) groups is 2. The summed E-state index contributed by atoms with van der Waals surface area (Å²) in [5.74, 6) is -5.87. The van der Waals surface area contributed by atoms with E-state index in [-0.39, 0.29) is 37.4 Å². The molecule has 1 unspecified atom stereocenters. The molecule has 1 aromatic carbocycles. The number of carboxylic acid groups (broad SMARTS) is 1. The van der Waals surface area contributed by atoms with Gasteiger partial charge in [-0.05, 0) is 63.7 Å². The van der Waals surface area contributed by atoms with Gasteiger partial charge in [0.05, 0.1) is 31.2 Å². The number of hydrogen-bond acceptors (Lipinski definition) is 6. The molecule has 8 nitrogen and oxygen atoms in total. The molecule has 1 aromatic heterocycles. The fourth-order valence-electron chi connectivity index (χ4n) is 4.88. The van der Waals surface area contributed by atoms with Crippen LogP contribution in [0.25, 0.3) is 11.3 Å². The van der Waals surface area contributed by atoms with E-state index in [1.807, 2.05) is 0 Å². The van der Waals surface area contributed by atoms with Crippen LogP contribution in [-0.4, -0.2) is 87.2 Å². The minimum atomic E-state index is -5.56. The van der Waals surface area contributed by atoms with Crippen LogP contribution in [0.1, 0.15) is 43.0 Å². The molecule has 13 heteroatoms. The van der Waals surface area contributed by atoms with Crippen LogP contribution in [-0.2, 0) is 4.79 Å². The summed E-state index contributed by atoms with van der Waals surface area (Å²) < 4.78 is 69.5. The Morgan fingerprint density at radius 2 is 1.72 bits per heavy atom. The third-order valence-corrected chi connectivity index (χ3v) is 7.41. The van der Waals surface area contributed by atoms with Gasteiger partial charge in [0, 0.05) is 17.7 Å². The number of halogens is 5. The number of carbonyl (C=O) groups excluding carboxylic acids is 1. The van der Waals surface area contributed by atoms with Gasteiger partial charge in [0.25, 0.3) is 5.91 Å². The molecular formula is C26H29F5N4O4. The van der Waals surface area contributed by atoms with Gasteiger partial charge < -0.3 is 14.7 Å². The topological polar surface area (TPSA) is 95.9 Å². The number of ether oxygens (including phenoxy) is 1. The monoisotopic (exact) mass is 556 g/mol. The van der Waals surface area contributed by atoms with Crippen molar-refractivity contribution < 1.29 is 41.4 Å². The molecule has 1 atom stereocenters. The van der Waals surface area contributed by atoms with Crippen molar-refractivity contribution in [3.8, 4) is 17.1 Å². The second-order valence-electron chi connectivity index (χ2n) is 10.2. The summed E-state index contributed by atoms with van der Waals surface area (Å²) in [5, 5.41) is 9.56. The number of piperidine rings is 1. The number of hydrogen-bond donors (Lipinski definition) is 1. The van der Waals surface area contributed by atoms with Crippen LogP contribution < -0.4 is 4.74 Å². The summed E-state index contributed by atoms with van der Waals surface area (Å²) in [6.07, 6.45) is -0.769. The minimum absolute atomic E-state index is 0.00842. The van der Waals surface area contributed by atoms with Crippen LogP contribution >= 0.6 is 0 Å². The molecule has 0 spiro atoms. The summed E-state index contributed by atoms with van der Waals surface area (Å²) in [6, 6.07) is 6.62. The van der Waals surface area contributed by atoms with Gasteiger partial charge in [-0.15, -0.1) is 0 Å². The van der Waals surface area contributed by atoms with Crippen LogP contribution in [0.5, 0.6) is 5.88 Å². The zero-order chi connectivity index (χ0) is 28.4. The zero-order valence-electron chi connectivity index (χ0n) is 21.3. The van der Waals surface area contributed by atoms with Crippen LogP contribution in [0, 0.1) is 5.92 Å². The quantitative estimate of drug-likeness (QED) is 0.478. The highest BCUT2D eigenvalue weighted by atomic mass is 19.4. The Morgan fingerprint density at radius 3 is 2.28 bits per heavy atom. The first-order valence-corrected chi connectivity index (χ1v) is 12.6. The van der Waals surface area contributed by atoms with E-state index in [2.05, 4.69) is 9.97 Å². The highest BCUT2D eigenvalue weighted by Crippen LogP contribution is 2.37. The molecule has 1 amide bonds. The van der Waals surface area contributed by atoms with Gasteiger partial charge in [-0.2, -0.15) is 22.0 Å². The molecule has 0 bridgehead atoms. The minimum Gasteiger partial charge on any atom is -0.480 e. The lowest BCUT2D eigenvalue weighted by Crippen LogP contribution is -2.50. The normalized spacial score (nSPS) is 21.2. The maximum atomic E-state index is 13.3. The summed E-state index contributed by atoms with van der Waals surface area (Å²) in [4.78, 5) is 35.7. The molecule has 0 aliphatic carbocycles. The molecule has 4 rings (SSSR count). The number of likely N-dealkylation sites (tertiary alicyclic amines) is 2. The molecule has 2 fully saturated rings. The number of amides is 1. The van der Waals surface area contributed by atoms with Crippen molar-refractivity contribution in [3.63, 3.8) is 0 Å². The predicted molar refractivity (Wildman–Crippen MR) is 129 cm³/mol. The standard InChI is InChI=1S/C26H29F5N4O4/c1-24(23(37)38)9-2-10-35(24)22(36)19-5-3-18(4-6-19)20-13-33-21(14-32-20)39-15-17-7-11-34(12-8-17)16-25(27,28)26(29,30)31/h3-6,13-14,17H,2,7-12,15-16H2,1H3,(H,37,38). The van der Waals surface area contributed by atoms with Crippen LogP contribution in [0.4, 0.5) is 22.0 Å². The fourth-order valence-corrected chi connectivity index (χ4v) is 4.88. The van der Waals surface area contributed by atoms with Crippen LogP contribution in [0.3, 0.4) is 0 Å². The molecule has 212 valence electrons. The average Bonchev–Trinajstić information content (AvgIpc) is 3.30. The van der Waals surface area contributed by atoms with Crippen LogP contribution in [0.2, 0.25) is 0 Å². The molecule has 0 saturated carbocycles. The van der Waals surface area contributed by atoms with E-state index in [0.717, 1.165) is 4.90 Å². The lowest BCUT2D eigenvalue weighted by atomic mass is 9.97. The number of nitrogens with zero attached hydrogens (tertiary/aromatic N) is 4. The smallest absolute Gasteiger partial charge is 0.454 e. The van der Waals surface area contributed by atoms with E-state index in [0.29, 0.717) is 49.0 Å². The van der Waals surface area contributed by atoms with E-state index in [4.69, 9.17) is 4.74 Å². The Morgan fingerprint density at radius 1 is 1.05 bits per heavy atom. The molecule has 3 heterocycles. The highest BCUT2D eigenvalue weighted by molar-refractivity contribution is 5.98. The van der Waals surface area contributed by atoms with Crippen LogP contribution in [0.15, 0.2) is 36.7 Å². The molecule has 2 aromatic rings. The van der Waals surface area contributed by atoms with E-state index in [1.54, 1.807) is 31.2 Å². The summed E-state index contributed by atoms with van der Waals surface area (Å²) in [5.41, 5.74) is 0.359. The van der Waals surface area contributed by atoms with E-state index in [1.165, 1.54) is 17.3 Å². The number of alkyl halides is 5. The fraction of sp³-hybridized carbons (Fsp3) is 0.538. The second-order valence-corrected chi connectivity index (χ2v) is 10.2. The molecule has 2 saturated heterocycles. The molecule has 0 radical (unpaired) electrons. The van der Waals surface area contributed by atoms with Crippen molar-refractivity contribution in [2.45, 2.75) is 50.2 Å². The number of aliphatic carboxylic acids is 1. The van der Waals surface area contributed by atoms with Gasteiger partial charge in [-0.25, -0.2) is 14.8 Å². The second kappa shape index (κ2) is 11.0. The number of aromatic nitrogens is 2. The first-order chi connectivity index (χ1) is 18.3. The van der Waals surface area contributed by atoms with E-state index < -0.39 is 30.2 Å². The van der Waals surface area contributed by atoms with Gasteiger partial charge in [-0.1, -0.05) is 12.1 Å². The Balaban J connectivity index is 1.27. The van der Waals surface area contributed by atoms with Crippen molar-refractivity contribution in [2.24, 2.45) is 5.92 Å². The van der Waals surface area contributed by atoms with Gasteiger partial charge in [0.15, 0.2) is 0 Å². The molecule has 2 aliphatic rings. The zero-order valence-corrected chi connectivity index (χ0v) is 21.3. The third kappa shape index (κ3) is 6.29. The Hall–Kier alpha value is -3.35. The molecule has 1 N–H and O–H groups in total. The van der Waals surface area contributed by atoms with Gasteiger partial charge in [0.2, 0.25) is 5.88 Å². The first-order valence-electron chi connectivity index (χ1n) is 12.6. The largest absolute Gasteiger partial charge is 0.480 e. The van der Waals surface area contributed by atoms with Crippen molar-refractivity contribution >= 4 is 11.9 Å². The van der Waals surface area contributed by atoms with Crippen molar-refractivity contribution in [2.75, 3.05) is 32.8 Å². The highest BCUT2D eigenvalue weighted by Gasteiger charge is 2.58. The summed E-state index contributed by atoms with van der Waals surface area (Å²) >= 11 is 0. The number of carboxylic acids is 1. The number of benzene rings is 1. The molecular weight excluding hydrogens is 527 g/mol. The van der Waals surface area contributed by atoms with Gasteiger partial charge in [0.1, 0.15) is 5.54 Å². The third-order valence-electron chi connectivity index (χ3n) is 7.41.